The summed E-state index contributed by atoms with van der Waals surface area (Å²) in [4.78, 5) is 16.2. The predicted molar refractivity (Wildman–Crippen MR) is 99.8 cm³/mol. The van der Waals surface area contributed by atoms with Gasteiger partial charge in [-0.05, 0) is 36.8 Å². The van der Waals surface area contributed by atoms with Gasteiger partial charge < -0.3 is 9.64 Å². The molecule has 2 aromatic rings. The van der Waals surface area contributed by atoms with Gasteiger partial charge in [-0.2, -0.15) is 13.2 Å². The first kappa shape index (κ1) is 21.1. The van der Waals surface area contributed by atoms with Gasteiger partial charge in [-0.1, -0.05) is 18.2 Å². The van der Waals surface area contributed by atoms with Crippen molar-refractivity contribution in [2.75, 3.05) is 32.8 Å². The lowest BCUT2D eigenvalue weighted by Gasteiger charge is -2.22. The van der Waals surface area contributed by atoms with Crippen LogP contribution in [-0.4, -0.2) is 48.5 Å². The molecule has 29 heavy (non-hydrogen) atoms. The quantitative estimate of drug-likeness (QED) is 0.700. The molecule has 1 aliphatic heterocycles. The van der Waals surface area contributed by atoms with Crippen molar-refractivity contribution >= 4 is 5.91 Å². The van der Waals surface area contributed by atoms with Gasteiger partial charge in [-0.3, -0.25) is 9.69 Å². The monoisotopic (exact) mass is 410 g/mol. The fourth-order valence-electron chi connectivity index (χ4n) is 3.22. The minimum atomic E-state index is -4.41. The Morgan fingerprint density at radius 1 is 0.966 bits per heavy atom. The van der Waals surface area contributed by atoms with E-state index in [4.69, 9.17) is 4.74 Å². The average molecular weight is 410 g/mol. The molecule has 0 saturated carbocycles. The SMILES string of the molecule is O=C(COc1ccc(C(F)(F)F)cc1)N1CCCN(Cc2ccccc2F)CC1. The zero-order valence-electron chi connectivity index (χ0n) is 15.8. The van der Waals surface area contributed by atoms with Crippen molar-refractivity contribution in [3.8, 4) is 5.75 Å². The van der Waals surface area contributed by atoms with Gasteiger partial charge in [-0.25, -0.2) is 4.39 Å². The van der Waals surface area contributed by atoms with Crippen molar-refractivity contribution in [3.05, 3.63) is 65.5 Å². The number of halogens is 4. The van der Waals surface area contributed by atoms with Crippen LogP contribution in [0.25, 0.3) is 0 Å². The van der Waals surface area contributed by atoms with Crippen LogP contribution in [0.4, 0.5) is 17.6 Å². The number of carbonyl (C=O) groups excluding carboxylic acids is 1. The fraction of sp³-hybridized carbons (Fsp3) is 0.381. The number of benzene rings is 2. The molecule has 0 N–H and O–H groups in total. The largest absolute Gasteiger partial charge is 0.484 e. The molecule has 0 radical (unpaired) electrons. The van der Waals surface area contributed by atoms with Crippen molar-refractivity contribution in [3.63, 3.8) is 0 Å². The summed E-state index contributed by atoms with van der Waals surface area (Å²) in [6.45, 7) is 2.65. The van der Waals surface area contributed by atoms with E-state index in [0.717, 1.165) is 25.1 Å². The second-order valence-corrected chi connectivity index (χ2v) is 6.91. The molecule has 0 unspecified atom stereocenters. The van der Waals surface area contributed by atoms with Crippen LogP contribution in [0.3, 0.4) is 0 Å². The molecule has 1 fully saturated rings. The van der Waals surface area contributed by atoms with Gasteiger partial charge in [-0.15, -0.1) is 0 Å². The lowest BCUT2D eigenvalue weighted by molar-refractivity contribution is -0.137. The van der Waals surface area contributed by atoms with E-state index in [2.05, 4.69) is 4.90 Å². The first-order chi connectivity index (χ1) is 13.8. The summed E-state index contributed by atoms with van der Waals surface area (Å²) < 4.78 is 56.9. The van der Waals surface area contributed by atoms with Gasteiger partial charge in [0, 0.05) is 38.3 Å². The molecule has 8 heteroatoms. The predicted octanol–water partition coefficient (Wildman–Crippen LogP) is 3.96. The number of nitrogens with zero attached hydrogens (tertiary/aromatic N) is 2. The van der Waals surface area contributed by atoms with E-state index in [9.17, 15) is 22.4 Å². The first-order valence-electron chi connectivity index (χ1n) is 9.36. The Kier molecular flexibility index (Phi) is 6.74. The minimum Gasteiger partial charge on any atom is -0.484 e. The highest BCUT2D eigenvalue weighted by Gasteiger charge is 2.30. The molecule has 1 amide bonds. The van der Waals surface area contributed by atoms with Crippen molar-refractivity contribution < 1.29 is 27.1 Å². The van der Waals surface area contributed by atoms with Crippen LogP contribution >= 0.6 is 0 Å². The highest BCUT2D eigenvalue weighted by atomic mass is 19.4. The number of hydrogen-bond acceptors (Lipinski definition) is 3. The summed E-state index contributed by atoms with van der Waals surface area (Å²) >= 11 is 0. The molecule has 3 rings (SSSR count). The molecule has 0 bridgehead atoms. The third-order valence-electron chi connectivity index (χ3n) is 4.84. The van der Waals surface area contributed by atoms with Gasteiger partial charge in [0.05, 0.1) is 5.56 Å². The second-order valence-electron chi connectivity index (χ2n) is 6.91. The minimum absolute atomic E-state index is 0.211. The molecule has 0 aromatic heterocycles. The Labute approximate surface area is 166 Å². The van der Waals surface area contributed by atoms with Crippen molar-refractivity contribution in [2.24, 2.45) is 0 Å². The van der Waals surface area contributed by atoms with Crippen molar-refractivity contribution in [1.29, 1.82) is 0 Å². The third kappa shape index (κ3) is 5.93. The van der Waals surface area contributed by atoms with Crippen LogP contribution < -0.4 is 4.74 Å². The Morgan fingerprint density at radius 2 is 1.69 bits per heavy atom. The van der Waals surface area contributed by atoms with Crippen molar-refractivity contribution in [2.45, 2.75) is 19.1 Å². The Morgan fingerprint density at radius 3 is 2.38 bits per heavy atom. The standard InChI is InChI=1S/C21H22F4N2O2/c22-19-5-2-1-4-16(19)14-26-10-3-11-27(13-12-26)20(28)15-29-18-8-6-17(7-9-18)21(23,24)25/h1-2,4-9H,3,10-15H2. The number of amides is 1. The molecule has 0 atom stereocenters. The molecule has 4 nitrogen and oxygen atoms in total. The van der Waals surface area contributed by atoms with Crippen LogP contribution in [0.2, 0.25) is 0 Å². The molecule has 156 valence electrons. The molecule has 0 spiro atoms. The highest BCUT2D eigenvalue weighted by molar-refractivity contribution is 5.77. The van der Waals surface area contributed by atoms with Crippen LogP contribution in [-0.2, 0) is 17.5 Å². The van der Waals surface area contributed by atoms with Crippen molar-refractivity contribution in [1.82, 2.24) is 9.80 Å². The summed E-state index contributed by atoms with van der Waals surface area (Å²) in [6.07, 6.45) is -3.66. The van der Waals surface area contributed by atoms with E-state index in [1.165, 1.54) is 18.2 Å². The van der Waals surface area contributed by atoms with E-state index in [-0.39, 0.29) is 24.1 Å². The summed E-state index contributed by atoms with van der Waals surface area (Å²) in [5, 5.41) is 0. The molecule has 1 heterocycles. The number of hydrogen-bond donors (Lipinski definition) is 0. The molecule has 1 saturated heterocycles. The van der Waals surface area contributed by atoms with Crippen LogP contribution in [0.1, 0.15) is 17.5 Å². The van der Waals surface area contributed by atoms with Gasteiger partial charge in [0.25, 0.3) is 5.91 Å². The van der Waals surface area contributed by atoms with Gasteiger partial charge >= 0.3 is 6.18 Å². The molecular formula is C21H22F4N2O2. The maximum Gasteiger partial charge on any atom is 0.416 e. The van der Waals surface area contributed by atoms with Crippen LogP contribution in [0, 0.1) is 5.82 Å². The summed E-state index contributed by atoms with van der Waals surface area (Å²) in [5.74, 6) is -0.255. The van der Waals surface area contributed by atoms with E-state index in [1.807, 2.05) is 0 Å². The maximum absolute atomic E-state index is 13.8. The lowest BCUT2D eigenvalue weighted by atomic mass is 10.2. The zero-order chi connectivity index (χ0) is 20.9. The fourth-order valence-corrected chi connectivity index (χ4v) is 3.22. The van der Waals surface area contributed by atoms with Crippen LogP contribution in [0.5, 0.6) is 5.75 Å². The Balaban J connectivity index is 1.48. The zero-order valence-corrected chi connectivity index (χ0v) is 15.8. The topological polar surface area (TPSA) is 32.8 Å². The summed E-state index contributed by atoms with van der Waals surface area (Å²) in [5.41, 5.74) is -0.142. The number of carbonyl (C=O) groups is 1. The smallest absolute Gasteiger partial charge is 0.416 e. The molecule has 2 aromatic carbocycles. The van der Waals surface area contributed by atoms with E-state index in [1.54, 1.807) is 23.1 Å². The number of alkyl halides is 3. The third-order valence-corrected chi connectivity index (χ3v) is 4.84. The average Bonchev–Trinajstić information content (AvgIpc) is 2.93. The lowest BCUT2D eigenvalue weighted by Crippen LogP contribution is -2.38. The summed E-state index contributed by atoms with van der Waals surface area (Å²) in [7, 11) is 0. The molecule has 1 aliphatic rings. The van der Waals surface area contributed by atoms with E-state index < -0.39 is 11.7 Å². The molecular weight excluding hydrogens is 388 g/mol. The van der Waals surface area contributed by atoms with Gasteiger partial charge in [0.1, 0.15) is 11.6 Å². The Bertz CT molecular complexity index is 824. The van der Waals surface area contributed by atoms with Crippen LogP contribution in [0.15, 0.2) is 48.5 Å². The number of ether oxygens (including phenoxy) is 1. The van der Waals surface area contributed by atoms with Gasteiger partial charge in [0.2, 0.25) is 0 Å². The Hall–Kier alpha value is -2.61. The second kappa shape index (κ2) is 9.26. The highest BCUT2D eigenvalue weighted by Crippen LogP contribution is 2.30. The number of rotatable bonds is 5. The normalized spacial score (nSPS) is 15.8. The molecule has 0 aliphatic carbocycles. The summed E-state index contributed by atoms with van der Waals surface area (Å²) in [6, 6.07) is 10.9. The van der Waals surface area contributed by atoms with E-state index >= 15 is 0 Å². The maximum atomic E-state index is 13.8. The van der Waals surface area contributed by atoms with E-state index in [0.29, 0.717) is 31.7 Å². The first-order valence-corrected chi connectivity index (χ1v) is 9.36. The van der Waals surface area contributed by atoms with Gasteiger partial charge in [0.15, 0.2) is 6.61 Å².